The molecule has 0 spiro atoms. The fraction of sp³-hybridized carbons (Fsp3) is 0.429. The molecule has 2 amide bonds. The van der Waals surface area contributed by atoms with Crippen LogP contribution in [0.3, 0.4) is 0 Å². The number of amides is 2. The Bertz CT molecular complexity index is 533. The summed E-state index contributed by atoms with van der Waals surface area (Å²) in [6, 6.07) is 6.35. The number of carboxylic acid groups (broad SMARTS) is 1. The lowest BCUT2D eigenvalue weighted by Crippen LogP contribution is -2.40. The Balaban J connectivity index is 2.38. The zero-order valence-electron chi connectivity index (χ0n) is 12.1. The Hall–Kier alpha value is -1.89. The summed E-state index contributed by atoms with van der Waals surface area (Å²) in [5, 5.41) is 14.2. The first-order chi connectivity index (χ1) is 9.91. The van der Waals surface area contributed by atoms with E-state index in [-0.39, 0.29) is 16.8 Å². The van der Waals surface area contributed by atoms with Crippen molar-refractivity contribution in [3.05, 3.63) is 35.4 Å². The molecule has 6 nitrogen and oxygen atoms in total. The second kappa shape index (κ2) is 8.41. The lowest BCUT2D eigenvalue weighted by Gasteiger charge is -2.11. The molecule has 2 unspecified atom stereocenters. The average Bonchev–Trinajstić information content (AvgIpc) is 2.44. The number of carboxylic acids is 1. The van der Waals surface area contributed by atoms with E-state index in [2.05, 4.69) is 10.6 Å². The summed E-state index contributed by atoms with van der Waals surface area (Å²) in [5.74, 6) is -0.977. The highest BCUT2D eigenvalue weighted by Gasteiger charge is 2.10. The lowest BCUT2D eigenvalue weighted by molar-refractivity contribution is 0.0695. The van der Waals surface area contributed by atoms with E-state index in [0.29, 0.717) is 25.1 Å². The van der Waals surface area contributed by atoms with Crippen LogP contribution in [0.2, 0.25) is 0 Å². The van der Waals surface area contributed by atoms with Crippen LogP contribution in [0.4, 0.5) is 4.79 Å². The van der Waals surface area contributed by atoms with E-state index in [1.807, 2.05) is 0 Å². The molecule has 0 heterocycles. The zero-order chi connectivity index (χ0) is 15.8. The van der Waals surface area contributed by atoms with E-state index >= 15 is 0 Å². The molecule has 0 saturated carbocycles. The highest BCUT2D eigenvalue weighted by molar-refractivity contribution is 7.84. The molecule has 7 heteroatoms. The maximum Gasteiger partial charge on any atom is 0.335 e. The number of hydrogen-bond donors (Lipinski definition) is 3. The van der Waals surface area contributed by atoms with Gasteiger partial charge >= 0.3 is 12.0 Å². The number of benzene rings is 1. The van der Waals surface area contributed by atoms with Crippen LogP contribution in [0.15, 0.2) is 24.3 Å². The van der Waals surface area contributed by atoms with E-state index in [9.17, 15) is 13.8 Å². The summed E-state index contributed by atoms with van der Waals surface area (Å²) >= 11 is 0. The van der Waals surface area contributed by atoms with E-state index in [0.717, 1.165) is 0 Å². The number of nitrogens with one attached hydrogen (secondary N) is 2. The SMILES string of the molecule is CC(CNC(=O)NCCc1ccccc1C(=O)O)S(C)=O. The van der Waals surface area contributed by atoms with Gasteiger partial charge < -0.3 is 15.7 Å². The van der Waals surface area contributed by atoms with Crippen molar-refractivity contribution in [2.75, 3.05) is 19.3 Å². The van der Waals surface area contributed by atoms with Crippen molar-refractivity contribution in [3.8, 4) is 0 Å². The maximum absolute atomic E-state index is 11.5. The third-order valence-corrected chi connectivity index (χ3v) is 4.34. The summed E-state index contributed by atoms with van der Waals surface area (Å²) < 4.78 is 11.1. The molecule has 0 aromatic heterocycles. The molecule has 2 atom stereocenters. The normalized spacial score (nSPS) is 13.2. The molecule has 0 bridgehead atoms. The van der Waals surface area contributed by atoms with Crippen LogP contribution in [0.5, 0.6) is 0 Å². The molecule has 0 aliphatic carbocycles. The van der Waals surface area contributed by atoms with Crippen molar-refractivity contribution < 1.29 is 18.9 Å². The van der Waals surface area contributed by atoms with Crippen molar-refractivity contribution in [3.63, 3.8) is 0 Å². The van der Waals surface area contributed by atoms with Crippen molar-refractivity contribution >= 4 is 22.8 Å². The summed E-state index contributed by atoms with van der Waals surface area (Å²) in [5.41, 5.74) is 0.919. The Labute approximate surface area is 126 Å². The second-order valence-electron chi connectivity index (χ2n) is 4.66. The average molecular weight is 312 g/mol. The maximum atomic E-state index is 11.5. The first-order valence-corrected chi connectivity index (χ1v) is 8.19. The molecule has 21 heavy (non-hydrogen) atoms. The fourth-order valence-electron chi connectivity index (χ4n) is 1.67. The molecule has 116 valence electrons. The molecular weight excluding hydrogens is 292 g/mol. The molecule has 0 fully saturated rings. The Morgan fingerprint density at radius 1 is 1.29 bits per heavy atom. The van der Waals surface area contributed by atoms with Crippen molar-refractivity contribution in [1.29, 1.82) is 0 Å². The number of rotatable bonds is 7. The fourth-order valence-corrected chi connectivity index (χ4v) is 1.99. The third-order valence-electron chi connectivity index (χ3n) is 3.04. The molecule has 1 aromatic carbocycles. The largest absolute Gasteiger partial charge is 0.478 e. The third kappa shape index (κ3) is 5.95. The molecule has 0 aliphatic rings. The first kappa shape index (κ1) is 17.2. The molecular formula is C14H20N2O4S. The predicted molar refractivity (Wildman–Crippen MR) is 82.0 cm³/mol. The molecule has 1 aromatic rings. The monoisotopic (exact) mass is 312 g/mol. The second-order valence-corrected chi connectivity index (χ2v) is 6.46. The number of carbonyl (C=O) groups is 2. The highest BCUT2D eigenvalue weighted by atomic mass is 32.2. The number of carbonyl (C=O) groups excluding carboxylic acids is 1. The highest BCUT2D eigenvalue weighted by Crippen LogP contribution is 2.08. The van der Waals surface area contributed by atoms with Crippen LogP contribution in [-0.4, -0.2) is 45.9 Å². The van der Waals surface area contributed by atoms with Crippen LogP contribution in [0.25, 0.3) is 0 Å². The van der Waals surface area contributed by atoms with E-state index < -0.39 is 16.8 Å². The van der Waals surface area contributed by atoms with Crippen molar-refractivity contribution in [2.45, 2.75) is 18.6 Å². The molecule has 0 radical (unpaired) electrons. The number of urea groups is 1. The van der Waals surface area contributed by atoms with Crippen molar-refractivity contribution in [1.82, 2.24) is 10.6 Å². The van der Waals surface area contributed by atoms with E-state index in [1.54, 1.807) is 31.4 Å². The van der Waals surface area contributed by atoms with Gasteiger partial charge in [-0.05, 0) is 25.0 Å². The van der Waals surface area contributed by atoms with Gasteiger partial charge in [0.15, 0.2) is 0 Å². The van der Waals surface area contributed by atoms with Crippen LogP contribution in [0.1, 0.15) is 22.8 Å². The number of aromatic carboxylic acids is 1. The molecule has 3 N–H and O–H groups in total. The standard InChI is InChI=1S/C14H20N2O4S/c1-10(21(2)20)9-16-14(19)15-8-7-11-5-3-4-6-12(11)13(17)18/h3-6,10H,7-9H2,1-2H3,(H,17,18)(H2,15,16,19). The minimum absolute atomic E-state index is 0.108. The topological polar surface area (TPSA) is 95.5 Å². The minimum Gasteiger partial charge on any atom is -0.478 e. The smallest absolute Gasteiger partial charge is 0.335 e. The van der Waals surface area contributed by atoms with Crippen LogP contribution in [0, 0.1) is 0 Å². The van der Waals surface area contributed by atoms with Gasteiger partial charge in [-0.2, -0.15) is 0 Å². The predicted octanol–water partition coefficient (Wildman–Crippen LogP) is 0.993. The van der Waals surface area contributed by atoms with Gasteiger partial charge in [-0.15, -0.1) is 0 Å². The van der Waals surface area contributed by atoms with Gasteiger partial charge in [0, 0.05) is 35.4 Å². The molecule has 0 saturated heterocycles. The van der Waals surface area contributed by atoms with Gasteiger partial charge in [-0.1, -0.05) is 18.2 Å². The Morgan fingerprint density at radius 2 is 1.95 bits per heavy atom. The van der Waals surface area contributed by atoms with Gasteiger partial charge in [0.25, 0.3) is 0 Å². The lowest BCUT2D eigenvalue weighted by atomic mass is 10.0. The van der Waals surface area contributed by atoms with Gasteiger partial charge in [-0.25, -0.2) is 9.59 Å². The molecule has 0 aliphatic heterocycles. The quantitative estimate of drug-likeness (QED) is 0.700. The van der Waals surface area contributed by atoms with Gasteiger partial charge in [0.1, 0.15) is 0 Å². The van der Waals surface area contributed by atoms with Gasteiger partial charge in [0.2, 0.25) is 0 Å². The van der Waals surface area contributed by atoms with Crippen LogP contribution < -0.4 is 10.6 Å². The van der Waals surface area contributed by atoms with Gasteiger partial charge in [0.05, 0.1) is 5.56 Å². The summed E-state index contributed by atoms with van der Waals surface area (Å²) in [4.78, 5) is 22.6. The summed E-state index contributed by atoms with van der Waals surface area (Å²) in [7, 11) is -0.978. The van der Waals surface area contributed by atoms with Crippen LogP contribution in [-0.2, 0) is 17.2 Å². The van der Waals surface area contributed by atoms with Gasteiger partial charge in [-0.3, -0.25) is 4.21 Å². The summed E-state index contributed by atoms with van der Waals surface area (Å²) in [6.07, 6.45) is 2.03. The first-order valence-electron chi connectivity index (χ1n) is 6.57. The van der Waals surface area contributed by atoms with E-state index in [1.165, 1.54) is 6.07 Å². The Morgan fingerprint density at radius 3 is 2.57 bits per heavy atom. The van der Waals surface area contributed by atoms with Crippen LogP contribution >= 0.6 is 0 Å². The Kier molecular flexibility index (Phi) is 6.87. The molecule has 1 rings (SSSR count). The minimum atomic E-state index is -0.978. The van der Waals surface area contributed by atoms with Crippen molar-refractivity contribution in [2.24, 2.45) is 0 Å². The number of hydrogen-bond acceptors (Lipinski definition) is 3. The van der Waals surface area contributed by atoms with E-state index in [4.69, 9.17) is 5.11 Å². The zero-order valence-corrected chi connectivity index (χ0v) is 12.9. The summed E-state index contributed by atoms with van der Waals surface area (Å²) in [6.45, 7) is 2.46.